The highest BCUT2D eigenvalue weighted by atomic mass is 19.2. The van der Waals surface area contributed by atoms with E-state index in [0.717, 1.165) is 12.1 Å². The van der Waals surface area contributed by atoms with Gasteiger partial charge in [0.15, 0.2) is 17.4 Å². The summed E-state index contributed by atoms with van der Waals surface area (Å²) >= 11 is 0. The lowest BCUT2D eigenvalue weighted by molar-refractivity contribution is -0.135. The van der Waals surface area contributed by atoms with Crippen LogP contribution in [0.25, 0.3) is 6.08 Å². The summed E-state index contributed by atoms with van der Waals surface area (Å²) < 4.78 is 44.0. The molecule has 1 unspecified atom stereocenters. The molecule has 0 fully saturated rings. The first kappa shape index (κ1) is 19.9. The molecule has 1 atom stereocenters. The van der Waals surface area contributed by atoms with Gasteiger partial charge in [-0.3, -0.25) is 9.59 Å². The molecule has 5 rings (SSSR count). The average molecular weight is 434 g/mol. The molecule has 2 aliphatic heterocycles. The predicted molar refractivity (Wildman–Crippen MR) is 111 cm³/mol. The molecule has 7 heteroatoms. The fraction of sp³-hybridized carbons (Fsp3) is 0.120. The molecule has 32 heavy (non-hydrogen) atoms. The number of halogens is 2. The molecule has 0 aliphatic carbocycles. The molecule has 2 aliphatic rings. The van der Waals surface area contributed by atoms with Gasteiger partial charge >= 0.3 is 5.97 Å². The number of methoxy groups -OCH3 is 1. The van der Waals surface area contributed by atoms with Crippen LogP contribution in [0.3, 0.4) is 0 Å². The van der Waals surface area contributed by atoms with Gasteiger partial charge in [0.1, 0.15) is 17.2 Å². The summed E-state index contributed by atoms with van der Waals surface area (Å²) in [5.41, 5.74) is 1.79. The third kappa shape index (κ3) is 3.22. The molecule has 0 saturated heterocycles. The number of rotatable bonds is 3. The van der Waals surface area contributed by atoms with Crippen LogP contribution in [0, 0.1) is 11.6 Å². The van der Waals surface area contributed by atoms with Crippen molar-refractivity contribution >= 4 is 17.8 Å². The molecule has 0 bridgehead atoms. The smallest absolute Gasteiger partial charge is 0.312 e. The molecule has 160 valence electrons. The summed E-state index contributed by atoms with van der Waals surface area (Å²) in [5.74, 6) is -2.40. The van der Waals surface area contributed by atoms with E-state index < -0.39 is 23.5 Å². The highest BCUT2D eigenvalue weighted by molar-refractivity contribution is 6.15. The van der Waals surface area contributed by atoms with Crippen molar-refractivity contribution in [3.05, 3.63) is 94.2 Å². The van der Waals surface area contributed by atoms with Gasteiger partial charge in [0.25, 0.3) is 0 Å². The van der Waals surface area contributed by atoms with Crippen molar-refractivity contribution < 1.29 is 32.6 Å². The number of benzene rings is 3. The van der Waals surface area contributed by atoms with Crippen molar-refractivity contribution in [3.8, 4) is 17.2 Å². The van der Waals surface area contributed by atoms with Crippen LogP contribution in [0.15, 0.2) is 60.4 Å². The standard InChI is InChI=1S/C25H16F2O5/c1-30-19-5-3-2-4-14(19)11-21-24(29)15-7-9-20-23(25(15)32-21)16(12-22(28)31-20)13-6-8-17(26)18(27)10-13/h2-11,16H,12H2,1H3/b21-11-. The number of carbonyl (C=O) groups is 2. The third-order valence-electron chi connectivity index (χ3n) is 5.55. The molecule has 0 saturated carbocycles. The predicted octanol–water partition coefficient (Wildman–Crippen LogP) is 5.03. The van der Waals surface area contributed by atoms with Crippen LogP contribution in [-0.4, -0.2) is 18.9 Å². The largest absolute Gasteiger partial charge is 0.496 e. The van der Waals surface area contributed by atoms with Crippen molar-refractivity contribution in [2.24, 2.45) is 0 Å². The topological polar surface area (TPSA) is 61.8 Å². The molecule has 5 nitrogen and oxygen atoms in total. The first-order valence-corrected chi connectivity index (χ1v) is 9.86. The van der Waals surface area contributed by atoms with Crippen molar-refractivity contribution in [1.82, 2.24) is 0 Å². The summed E-state index contributed by atoms with van der Waals surface area (Å²) in [6.45, 7) is 0. The van der Waals surface area contributed by atoms with Crippen molar-refractivity contribution in [3.63, 3.8) is 0 Å². The van der Waals surface area contributed by atoms with Gasteiger partial charge < -0.3 is 14.2 Å². The van der Waals surface area contributed by atoms with Gasteiger partial charge in [-0.15, -0.1) is 0 Å². The second-order valence-corrected chi connectivity index (χ2v) is 7.44. The molecule has 0 radical (unpaired) electrons. The van der Waals surface area contributed by atoms with E-state index in [1.54, 1.807) is 18.2 Å². The quantitative estimate of drug-likeness (QED) is 0.329. The van der Waals surface area contributed by atoms with Gasteiger partial charge in [0, 0.05) is 17.0 Å². The minimum Gasteiger partial charge on any atom is -0.496 e. The van der Waals surface area contributed by atoms with Crippen LogP contribution in [0.5, 0.6) is 17.2 Å². The number of carbonyl (C=O) groups excluding carboxylic acids is 2. The number of hydrogen-bond donors (Lipinski definition) is 0. The Morgan fingerprint density at radius 1 is 1.00 bits per heavy atom. The van der Waals surface area contributed by atoms with Gasteiger partial charge in [0.2, 0.25) is 5.78 Å². The Balaban J connectivity index is 1.62. The van der Waals surface area contributed by atoms with Crippen LogP contribution in [0.2, 0.25) is 0 Å². The molecule has 3 aromatic rings. The lowest BCUT2D eigenvalue weighted by Gasteiger charge is -2.26. The number of fused-ring (bicyclic) bond motifs is 3. The fourth-order valence-corrected chi connectivity index (χ4v) is 4.05. The highest BCUT2D eigenvalue weighted by Crippen LogP contribution is 2.49. The van der Waals surface area contributed by atoms with Crippen LogP contribution in [0.4, 0.5) is 8.78 Å². The monoisotopic (exact) mass is 434 g/mol. The number of ketones is 1. The van der Waals surface area contributed by atoms with E-state index >= 15 is 0 Å². The van der Waals surface area contributed by atoms with Gasteiger partial charge in [-0.05, 0) is 42.0 Å². The summed E-state index contributed by atoms with van der Waals surface area (Å²) in [6, 6.07) is 13.7. The number of hydrogen-bond acceptors (Lipinski definition) is 5. The van der Waals surface area contributed by atoms with Crippen LogP contribution < -0.4 is 14.2 Å². The van der Waals surface area contributed by atoms with Crippen molar-refractivity contribution in [2.45, 2.75) is 12.3 Å². The van der Waals surface area contributed by atoms with E-state index in [1.165, 1.54) is 25.3 Å². The normalized spacial score (nSPS) is 18.1. The third-order valence-corrected chi connectivity index (χ3v) is 5.55. The Bertz CT molecular complexity index is 1310. The van der Waals surface area contributed by atoms with Crippen molar-refractivity contribution in [2.75, 3.05) is 7.11 Å². The summed E-state index contributed by atoms with van der Waals surface area (Å²) in [7, 11) is 1.53. The van der Waals surface area contributed by atoms with E-state index in [9.17, 15) is 18.4 Å². The zero-order chi connectivity index (χ0) is 22.4. The lowest BCUT2D eigenvalue weighted by Crippen LogP contribution is -2.21. The second-order valence-electron chi connectivity index (χ2n) is 7.44. The Labute approximate surface area is 181 Å². The summed E-state index contributed by atoms with van der Waals surface area (Å²) in [6.07, 6.45) is 1.48. The number of para-hydroxylation sites is 1. The molecular formula is C25H16F2O5. The van der Waals surface area contributed by atoms with E-state index in [-0.39, 0.29) is 29.5 Å². The highest BCUT2D eigenvalue weighted by Gasteiger charge is 2.38. The minimum absolute atomic E-state index is 0.0823. The molecule has 0 N–H and O–H groups in total. The van der Waals surface area contributed by atoms with Crippen LogP contribution in [0.1, 0.15) is 39.4 Å². The second kappa shape index (κ2) is 7.60. The number of esters is 1. The van der Waals surface area contributed by atoms with Gasteiger partial charge in [0.05, 0.1) is 19.1 Å². The first-order chi connectivity index (χ1) is 15.5. The molecular weight excluding hydrogens is 418 g/mol. The van der Waals surface area contributed by atoms with E-state index in [2.05, 4.69) is 0 Å². The number of Topliss-reactive ketones (excluding diaryl/α,β-unsaturated/α-hetero) is 1. The molecule has 0 spiro atoms. The molecule has 3 aromatic carbocycles. The van der Waals surface area contributed by atoms with Gasteiger partial charge in [-0.25, -0.2) is 8.78 Å². The van der Waals surface area contributed by atoms with E-state index in [1.807, 2.05) is 12.1 Å². The van der Waals surface area contributed by atoms with Crippen LogP contribution >= 0.6 is 0 Å². The minimum atomic E-state index is -1.02. The number of allylic oxidation sites excluding steroid dienone is 1. The molecule has 0 aromatic heterocycles. The maximum Gasteiger partial charge on any atom is 0.312 e. The average Bonchev–Trinajstić information content (AvgIpc) is 3.10. The summed E-state index contributed by atoms with van der Waals surface area (Å²) in [5, 5.41) is 0. The van der Waals surface area contributed by atoms with E-state index in [4.69, 9.17) is 14.2 Å². The maximum absolute atomic E-state index is 13.9. The maximum atomic E-state index is 13.9. The zero-order valence-corrected chi connectivity index (χ0v) is 16.9. The Kier molecular flexibility index (Phi) is 4.74. The Hall–Kier alpha value is -4.00. The van der Waals surface area contributed by atoms with Crippen LogP contribution in [-0.2, 0) is 4.79 Å². The SMILES string of the molecule is COc1ccccc1/C=C1\Oc2c(ccc3c2C(c2ccc(F)c(F)c2)CC(=O)O3)C1=O. The number of ether oxygens (including phenoxy) is 3. The lowest BCUT2D eigenvalue weighted by atomic mass is 9.84. The molecule has 0 amide bonds. The Morgan fingerprint density at radius 3 is 2.59 bits per heavy atom. The Morgan fingerprint density at radius 2 is 1.81 bits per heavy atom. The summed E-state index contributed by atoms with van der Waals surface area (Å²) in [4.78, 5) is 25.2. The van der Waals surface area contributed by atoms with Crippen molar-refractivity contribution in [1.29, 1.82) is 0 Å². The van der Waals surface area contributed by atoms with Gasteiger partial charge in [-0.1, -0.05) is 24.3 Å². The fourth-order valence-electron chi connectivity index (χ4n) is 4.05. The molecule has 2 heterocycles. The van der Waals surface area contributed by atoms with Gasteiger partial charge in [-0.2, -0.15) is 0 Å². The zero-order valence-electron chi connectivity index (χ0n) is 16.9. The van der Waals surface area contributed by atoms with E-state index in [0.29, 0.717) is 28.0 Å². The first-order valence-electron chi connectivity index (χ1n) is 9.86.